The van der Waals surface area contributed by atoms with Crippen LogP contribution in [-0.2, 0) is 4.79 Å². The van der Waals surface area contributed by atoms with Gasteiger partial charge in [-0.15, -0.1) is 0 Å². The summed E-state index contributed by atoms with van der Waals surface area (Å²) in [6.07, 6.45) is 0.442. The summed E-state index contributed by atoms with van der Waals surface area (Å²) in [5, 5.41) is 6.41. The summed E-state index contributed by atoms with van der Waals surface area (Å²) in [5.41, 5.74) is 0.875. The first kappa shape index (κ1) is 13.6. The smallest absolute Gasteiger partial charge is 0.221 e. The fourth-order valence-electron chi connectivity index (χ4n) is 1.38. The van der Waals surface area contributed by atoms with Gasteiger partial charge < -0.3 is 15.4 Å². The van der Waals surface area contributed by atoms with Crippen molar-refractivity contribution >= 4 is 23.2 Å². The molecule has 2 N–H and O–H groups in total. The molecule has 1 aromatic rings. The van der Waals surface area contributed by atoms with Crippen LogP contribution in [0.1, 0.15) is 13.3 Å². The number of carbonyl (C=O) groups is 1. The van der Waals surface area contributed by atoms with E-state index in [1.807, 2.05) is 13.0 Å². The minimum absolute atomic E-state index is 0.0413. The Morgan fingerprint density at radius 3 is 2.82 bits per heavy atom. The summed E-state index contributed by atoms with van der Waals surface area (Å²) in [6.45, 7) is 3.14. The molecule has 0 fully saturated rings. The summed E-state index contributed by atoms with van der Waals surface area (Å²) in [7, 11) is 1.57. The van der Waals surface area contributed by atoms with Crippen LogP contribution in [0.25, 0.3) is 0 Å². The Morgan fingerprint density at radius 2 is 2.24 bits per heavy atom. The van der Waals surface area contributed by atoms with E-state index in [2.05, 4.69) is 10.6 Å². The average Bonchev–Trinajstić information content (AvgIpc) is 2.29. The van der Waals surface area contributed by atoms with E-state index < -0.39 is 0 Å². The molecule has 0 spiro atoms. The average molecular weight is 257 g/mol. The van der Waals surface area contributed by atoms with Crippen LogP contribution >= 0.6 is 11.6 Å². The molecule has 5 heteroatoms. The third-order valence-corrected chi connectivity index (χ3v) is 2.50. The molecule has 0 bridgehead atoms. The molecule has 0 saturated heterocycles. The van der Waals surface area contributed by atoms with Crippen LogP contribution in [0.2, 0.25) is 5.02 Å². The highest BCUT2D eigenvalue weighted by Crippen LogP contribution is 2.26. The number of halogens is 1. The Kier molecular flexibility index (Phi) is 5.63. The highest BCUT2D eigenvalue weighted by atomic mass is 35.5. The summed E-state index contributed by atoms with van der Waals surface area (Å²) in [6, 6.07) is 5.43. The quantitative estimate of drug-likeness (QED) is 0.821. The minimum atomic E-state index is 0.0413. The molecule has 0 saturated carbocycles. The van der Waals surface area contributed by atoms with Crippen molar-refractivity contribution in [2.45, 2.75) is 13.3 Å². The molecular formula is C12H17ClN2O2. The molecule has 0 radical (unpaired) electrons. The molecule has 1 amide bonds. The van der Waals surface area contributed by atoms with E-state index in [1.165, 1.54) is 0 Å². The Balaban J connectivity index is 2.42. The number of methoxy groups -OCH3 is 1. The SMILES string of the molecule is CCNC(=O)CCNc1ccc(OC)c(Cl)c1. The number of ether oxygens (including phenoxy) is 1. The van der Waals surface area contributed by atoms with Gasteiger partial charge in [0.1, 0.15) is 5.75 Å². The van der Waals surface area contributed by atoms with Gasteiger partial charge in [-0.25, -0.2) is 0 Å². The van der Waals surface area contributed by atoms with E-state index in [4.69, 9.17) is 16.3 Å². The van der Waals surface area contributed by atoms with Crippen LogP contribution in [0, 0.1) is 0 Å². The van der Waals surface area contributed by atoms with Crippen molar-refractivity contribution in [3.63, 3.8) is 0 Å². The van der Waals surface area contributed by atoms with Gasteiger partial charge in [-0.3, -0.25) is 4.79 Å². The second-order valence-electron chi connectivity index (χ2n) is 3.48. The first-order chi connectivity index (χ1) is 8.17. The van der Waals surface area contributed by atoms with Crippen LogP contribution in [0.4, 0.5) is 5.69 Å². The summed E-state index contributed by atoms with van der Waals surface area (Å²) < 4.78 is 5.05. The number of carbonyl (C=O) groups excluding carboxylic acids is 1. The van der Waals surface area contributed by atoms with Gasteiger partial charge in [-0.05, 0) is 25.1 Å². The largest absolute Gasteiger partial charge is 0.495 e. The highest BCUT2D eigenvalue weighted by Gasteiger charge is 2.02. The maximum absolute atomic E-state index is 11.2. The molecule has 0 atom stereocenters. The standard InChI is InChI=1S/C12H17ClN2O2/c1-3-14-12(16)6-7-15-9-4-5-11(17-2)10(13)8-9/h4-5,8,15H,3,6-7H2,1-2H3,(H,14,16). The minimum Gasteiger partial charge on any atom is -0.495 e. The van der Waals surface area contributed by atoms with E-state index >= 15 is 0 Å². The number of amides is 1. The maximum Gasteiger partial charge on any atom is 0.221 e. The van der Waals surface area contributed by atoms with E-state index in [1.54, 1.807) is 19.2 Å². The molecule has 17 heavy (non-hydrogen) atoms. The van der Waals surface area contributed by atoms with E-state index in [0.717, 1.165) is 5.69 Å². The van der Waals surface area contributed by atoms with Crippen molar-refractivity contribution in [1.82, 2.24) is 5.32 Å². The molecule has 1 rings (SSSR count). The van der Waals surface area contributed by atoms with Crippen LogP contribution < -0.4 is 15.4 Å². The predicted octanol–water partition coefficient (Wildman–Crippen LogP) is 2.29. The van der Waals surface area contributed by atoms with Crippen LogP contribution in [0.5, 0.6) is 5.75 Å². The molecular weight excluding hydrogens is 240 g/mol. The molecule has 4 nitrogen and oxygen atoms in total. The van der Waals surface area contributed by atoms with Crippen LogP contribution in [0.15, 0.2) is 18.2 Å². The maximum atomic E-state index is 11.2. The van der Waals surface area contributed by atoms with Crippen molar-refractivity contribution in [2.75, 3.05) is 25.5 Å². The lowest BCUT2D eigenvalue weighted by Gasteiger charge is -2.08. The summed E-state index contributed by atoms with van der Waals surface area (Å²) >= 11 is 5.98. The zero-order valence-corrected chi connectivity index (χ0v) is 10.8. The van der Waals surface area contributed by atoms with E-state index in [0.29, 0.717) is 30.3 Å². The highest BCUT2D eigenvalue weighted by molar-refractivity contribution is 6.32. The van der Waals surface area contributed by atoms with Crippen molar-refractivity contribution < 1.29 is 9.53 Å². The fourth-order valence-corrected chi connectivity index (χ4v) is 1.64. The number of nitrogens with one attached hydrogen (secondary N) is 2. The molecule has 0 aliphatic rings. The van der Waals surface area contributed by atoms with Gasteiger partial charge in [0.05, 0.1) is 12.1 Å². The van der Waals surface area contributed by atoms with Crippen molar-refractivity contribution in [1.29, 1.82) is 0 Å². The predicted molar refractivity (Wildman–Crippen MR) is 69.8 cm³/mol. The third kappa shape index (κ3) is 4.53. The lowest BCUT2D eigenvalue weighted by molar-refractivity contribution is -0.120. The van der Waals surface area contributed by atoms with Gasteiger partial charge in [0.2, 0.25) is 5.91 Å². The lowest BCUT2D eigenvalue weighted by Crippen LogP contribution is -2.24. The Bertz CT molecular complexity index is 383. The second kappa shape index (κ2) is 7.01. The van der Waals surface area contributed by atoms with E-state index in [-0.39, 0.29) is 5.91 Å². The van der Waals surface area contributed by atoms with Gasteiger partial charge in [0.15, 0.2) is 0 Å². The van der Waals surface area contributed by atoms with Crippen LogP contribution in [-0.4, -0.2) is 26.1 Å². The van der Waals surface area contributed by atoms with Crippen LogP contribution in [0.3, 0.4) is 0 Å². The second-order valence-corrected chi connectivity index (χ2v) is 3.89. The van der Waals surface area contributed by atoms with Crippen molar-refractivity contribution in [2.24, 2.45) is 0 Å². The van der Waals surface area contributed by atoms with Gasteiger partial charge in [0, 0.05) is 25.2 Å². The van der Waals surface area contributed by atoms with Gasteiger partial charge in [-0.2, -0.15) is 0 Å². The topological polar surface area (TPSA) is 50.4 Å². The zero-order chi connectivity index (χ0) is 12.7. The molecule has 0 aromatic heterocycles. The molecule has 0 unspecified atom stereocenters. The van der Waals surface area contributed by atoms with Gasteiger partial charge >= 0.3 is 0 Å². The normalized spacial score (nSPS) is 9.82. The molecule has 94 valence electrons. The Morgan fingerprint density at radius 1 is 1.47 bits per heavy atom. The fraction of sp³-hybridized carbons (Fsp3) is 0.417. The molecule has 0 aliphatic carbocycles. The zero-order valence-electron chi connectivity index (χ0n) is 10.0. The number of hydrogen-bond acceptors (Lipinski definition) is 3. The molecule has 0 aliphatic heterocycles. The van der Waals surface area contributed by atoms with Gasteiger partial charge in [0.25, 0.3) is 0 Å². The number of rotatable bonds is 6. The number of anilines is 1. The molecule has 1 aromatic carbocycles. The molecule has 0 heterocycles. The first-order valence-electron chi connectivity index (χ1n) is 5.51. The monoisotopic (exact) mass is 256 g/mol. The lowest BCUT2D eigenvalue weighted by atomic mass is 10.3. The third-order valence-electron chi connectivity index (χ3n) is 2.21. The summed E-state index contributed by atoms with van der Waals surface area (Å²) in [5.74, 6) is 0.681. The van der Waals surface area contributed by atoms with Gasteiger partial charge in [-0.1, -0.05) is 11.6 Å². The van der Waals surface area contributed by atoms with Crippen molar-refractivity contribution in [3.8, 4) is 5.75 Å². The van der Waals surface area contributed by atoms with E-state index in [9.17, 15) is 4.79 Å². The first-order valence-corrected chi connectivity index (χ1v) is 5.89. The number of benzene rings is 1. The Labute approximate surface area is 106 Å². The Hall–Kier alpha value is -1.42. The van der Waals surface area contributed by atoms with Crippen molar-refractivity contribution in [3.05, 3.63) is 23.2 Å². The number of hydrogen-bond donors (Lipinski definition) is 2. The summed E-state index contributed by atoms with van der Waals surface area (Å²) in [4.78, 5) is 11.2.